The van der Waals surface area contributed by atoms with E-state index < -0.39 is 0 Å². The van der Waals surface area contributed by atoms with Crippen molar-refractivity contribution in [1.29, 1.82) is 0 Å². The molecule has 1 amide bonds. The van der Waals surface area contributed by atoms with Crippen LogP contribution in [0.3, 0.4) is 0 Å². The van der Waals surface area contributed by atoms with E-state index in [1.54, 1.807) is 6.07 Å². The summed E-state index contributed by atoms with van der Waals surface area (Å²) in [6.45, 7) is 7.65. The molecule has 2 aromatic heterocycles. The average molecular weight is 247 g/mol. The number of fused-ring (bicyclic) bond motifs is 1. The Kier molecular flexibility index (Phi) is 3.32. The fourth-order valence-electron chi connectivity index (χ4n) is 1.80. The van der Waals surface area contributed by atoms with E-state index in [0.29, 0.717) is 22.4 Å². The summed E-state index contributed by atoms with van der Waals surface area (Å²) < 4.78 is 5.11. The van der Waals surface area contributed by atoms with Crippen molar-refractivity contribution in [3.05, 3.63) is 23.0 Å². The number of aryl methyl sites for hydroxylation is 2. The SMILES string of the molecule is CCC(C)NC(=O)c1cc(C)nc2onc(C)c12. The number of hydrogen-bond donors (Lipinski definition) is 1. The number of amides is 1. The summed E-state index contributed by atoms with van der Waals surface area (Å²) in [5, 5.41) is 7.50. The number of nitrogens with zero attached hydrogens (tertiary/aromatic N) is 2. The molecule has 0 spiro atoms. The maximum Gasteiger partial charge on any atom is 0.258 e. The molecule has 1 unspecified atom stereocenters. The molecule has 2 rings (SSSR count). The molecule has 96 valence electrons. The van der Waals surface area contributed by atoms with Crippen LogP contribution in [0, 0.1) is 13.8 Å². The molecule has 0 aliphatic heterocycles. The zero-order valence-electron chi connectivity index (χ0n) is 11.1. The van der Waals surface area contributed by atoms with E-state index in [9.17, 15) is 4.79 Å². The Bertz CT molecular complexity index is 589. The molecule has 2 heterocycles. The highest BCUT2D eigenvalue weighted by atomic mass is 16.5. The van der Waals surface area contributed by atoms with Gasteiger partial charge in [0.05, 0.1) is 16.6 Å². The minimum atomic E-state index is -0.105. The van der Waals surface area contributed by atoms with Crippen LogP contribution < -0.4 is 5.32 Å². The van der Waals surface area contributed by atoms with Crippen molar-refractivity contribution in [3.63, 3.8) is 0 Å². The topological polar surface area (TPSA) is 68.0 Å². The highest BCUT2D eigenvalue weighted by Gasteiger charge is 2.18. The first kappa shape index (κ1) is 12.5. The smallest absolute Gasteiger partial charge is 0.258 e. The van der Waals surface area contributed by atoms with E-state index in [0.717, 1.165) is 12.1 Å². The molecule has 1 N–H and O–H groups in total. The van der Waals surface area contributed by atoms with E-state index in [1.807, 2.05) is 27.7 Å². The van der Waals surface area contributed by atoms with Gasteiger partial charge in [0, 0.05) is 11.7 Å². The number of carbonyl (C=O) groups is 1. The molecular formula is C13H17N3O2. The predicted octanol–water partition coefficient (Wildman–Crippen LogP) is 2.37. The molecule has 2 aromatic rings. The molecule has 5 heteroatoms. The van der Waals surface area contributed by atoms with E-state index in [2.05, 4.69) is 15.5 Å². The number of rotatable bonds is 3. The predicted molar refractivity (Wildman–Crippen MR) is 68.5 cm³/mol. The summed E-state index contributed by atoms with van der Waals surface area (Å²) in [6.07, 6.45) is 0.890. The third kappa shape index (κ3) is 2.20. The first-order valence-corrected chi connectivity index (χ1v) is 6.07. The second-order valence-corrected chi connectivity index (χ2v) is 4.54. The van der Waals surface area contributed by atoms with Gasteiger partial charge in [0.15, 0.2) is 0 Å². The fourth-order valence-corrected chi connectivity index (χ4v) is 1.80. The second kappa shape index (κ2) is 4.76. The van der Waals surface area contributed by atoms with Crippen molar-refractivity contribution in [2.24, 2.45) is 0 Å². The molecule has 1 atom stereocenters. The number of nitrogens with one attached hydrogen (secondary N) is 1. The maximum atomic E-state index is 12.2. The van der Waals surface area contributed by atoms with Gasteiger partial charge in [0.1, 0.15) is 0 Å². The lowest BCUT2D eigenvalue weighted by Crippen LogP contribution is -2.32. The Morgan fingerprint density at radius 2 is 2.22 bits per heavy atom. The third-order valence-corrected chi connectivity index (χ3v) is 2.98. The number of aromatic nitrogens is 2. The normalized spacial score (nSPS) is 12.7. The van der Waals surface area contributed by atoms with Crippen molar-refractivity contribution in [2.75, 3.05) is 0 Å². The lowest BCUT2D eigenvalue weighted by atomic mass is 10.1. The van der Waals surface area contributed by atoms with Crippen molar-refractivity contribution < 1.29 is 9.32 Å². The van der Waals surface area contributed by atoms with Crippen LogP contribution in [0.5, 0.6) is 0 Å². The van der Waals surface area contributed by atoms with Crippen LogP contribution in [0.15, 0.2) is 10.6 Å². The number of pyridine rings is 1. The van der Waals surface area contributed by atoms with E-state index in [-0.39, 0.29) is 11.9 Å². The first-order chi connectivity index (χ1) is 8.52. The molecule has 0 saturated carbocycles. The van der Waals surface area contributed by atoms with Crippen molar-refractivity contribution >= 4 is 17.0 Å². The molecule has 0 aromatic carbocycles. The monoisotopic (exact) mass is 247 g/mol. The summed E-state index contributed by atoms with van der Waals surface area (Å²) >= 11 is 0. The Morgan fingerprint density at radius 1 is 1.50 bits per heavy atom. The minimum Gasteiger partial charge on any atom is -0.350 e. The van der Waals surface area contributed by atoms with Gasteiger partial charge in [-0.1, -0.05) is 12.1 Å². The Balaban J connectivity index is 2.49. The van der Waals surface area contributed by atoms with Crippen LogP contribution in [-0.4, -0.2) is 22.1 Å². The van der Waals surface area contributed by atoms with Gasteiger partial charge in [-0.05, 0) is 33.3 Å². The third-order valence-electron chi connectivity index (χ3n) is 2.98. The van der Waals surface area contributed by atoms with Gasteiger partial charge in [-0.2, -0.15) is 0 Å². The lowest BCUT2D eigenvalue weighted by molar-refractivity contribution is 0.0940. The first-order valence-electron chi connectivity index (χ1n) is 6.07. The summed E-state index contributed by atoms with van der Waals surface area (Å²) in [6, 6.07) is 1.91. The largest absolute Gasteiger partial charge is 0.350 e. The van der Waals surface area contributed by atoms with Crippen LogP contribution in [0.2, 0.25) is 0 Å². The average Bonchev–Trinajstić information content (AvgIpc) is 2.69. The van der Waals surface area contributed by atoms with Crippen LogP contribution in [0.4, 0.5) is 0 Å². The lowest BCUT2D eigenvalue weighted by Gasteiger charge is -2.12. The van der Waals surface area contributed by atoms with Gasteiger partial charge in [0.25, 0.3) is 11.6 Å². The van der Waals surface area contributed by atoms with Gasteiger partial charge >= 0.3 is 0 Å². The van der Waals surface area contributed by atoms with Gasteiger partial charge in [-0.15, -0.1) is 0 Å². The van der Waals surface area contributed by atoms with Crippen LogP contribution in [0.25, 0.3) is 11.1 Å². The molecule has 0 saturated heterocycles. The fraction of sp³-hybridized carbons (Fsp3) is 0.462. The molecule has 0 fully saturated rings. The minimum absolute atomic E-state index is 0.105. The summed E-state index contributed by atoms with van der Waals surface area (Å²) in [5.74, 6) is -0.105. The van der Waals surface area contributed by atoms with E-state index in [1.165, 1.54) is 0 Å². The van der Waals surface area contributed by atoms with Crippen LogP contribution in [0.1, 0.15) is 42.0 Å². The van der Waals surface area contributed by atoms with Crippen molar-refractivity contribution in [2.45, 2.75) is 40.2 Å². The van der Waals surface area contributed by atoms with Gasteiger partial charge in [-0.3, -0.25) is 4.79 Å². The highest BCUT2D eigenvalue weighted by Crippen LogP contribution is 2.21. The molecular weight excluding hydrogens is 230 g/mol. The zero-order chi connectivity index (χ0) is 13.3. The van der Waals surface area contributed by atoms with Gasteiger partial charge in [0.2, 0.25) is 0 Å². The van der Waals surface area contributed by atoms with Crippen molar-refractivity contribution in [3.8, 4) is 0 Å². The zero-order valence-corrected chi connectivity index (χ0v) is 11.1. The summed E-state index contributed by atoms with van der Waals surface area (Å²) in [4.78, 5) is 16.5. The van der Waals surface area contributed by atoms with Crippen LogP contribution >= 0.6 is 0 Å². The van der Waals surface area contributed by atoms with E-state index >= 15 is 0 Å². The Morgan fingerprint density at radius 3 is 2.89 bits per heavy atom. The molecule has 0 aliphatic rings. The summed E-state index contributed by atoms with van der Waals surface area (Å²) in [5.41, 5.74) is 2.43. The molecule has 0 radical (unpaired) electrons. The summed E-state index contributed by atoms with van der Waals surface area (Å²) in [7, 11) is 0. The Hall–Kier alpha value is -1.91. The molecule has 0 bridgehead atoms. The highest BCUT2D eigenvalue weighted by molar-refractivity contribution is 6.06. The molecule has 18 heavy (non-hydrogen) atoms. The maximum absolute atomic E-state index is 12.2. The molecule has 0 aliphatic carbocycles. The second-order valence-electron chi connectivity index (χ2n) is 4.54. The quantitative estimate of drug-likeness (QED) is 0.904. The number of carbonyl (C=O) groups excluding carboxylic acids is 1. The van der Waals surface area contributed by atoms with Crippen molar-refractivity contribution in [1.82, 2.24) is 15.5 Å². The van der Waals surface area contributed by atoms with Gasteiger partial charge < -0.3 is 9.84 Å². The van der Waals surface area contributed by atoms with Gasteiger partial charge in [-0.25, -0.2) is 4.98 Å². The number of hydrogen-bond acceptors (Lipinski definition) is 4. The molecule has 5 nitrogen and oxygen atoms in total. The standard InChI is InChI=1S/C13H17N3O2/c1-5-7(2)14-12(17)10-6-8(3)15-13-11(10)9(4)16-18-13/h6-7H,5H2,1-4H3,(H,14,17). The van der Waals surface area contributed by atoms with Crippen LogP contribution in [-0.2, 0) is 0 Å². The van der Waals surface area contributed by atoms with E-state index in [4.69, 9.17) is 4.52 Å². The Labute approximate surface area is 106 Å².